The van der Waals surface area contributed by atoms with Crippen molar-refractivity contribution in [2.75, 3.05) is 20.6 Å². The summed E-state index contributed by atoms with van der Waals surface area (Å²) in [5.74, 6) is 0. The van der Waals surface area contributed by atoms with Gasteiger partial charge >= 0.3 is 6.18 Å². The summed E-state index contributed by atoms with van der Waals surface area (Å²) in [6.45, 7) is 0.503. The van der Waals surface area contributed by atoms with Crippen LogP contribution in [0.15, 0.2) is 66.7 Å². The van der Waals surface area contributed by atoms with Gasteiger partial charge in [-0.3, -0.25) is 5.32 Å². The van der Waals surface area contributed by atoms with E-state index in [-0.39, 0.29) is 12.2 Å². The molecule has 2 atom stereocenters. The van der Waals surface area contributed by atoms with Crippen LogP contribution in [0.3, 0.4) is 0 Å². The summed E-state index contributed by atoms with van der Waals surface area (Å²) in [7, 11) is 3.79. The maximum Gasteiger partial charge on any atom is 0.416 e. The van der Waals surface area contributed by atoms with Crippen LogP contribution in [0.25, 0.3) is 10.8 Å². The fourth-order valence-corrected chi connectivity index (χ4v) is 3.36. The molecule has 0 saturated heterocycles. The number of nitrogens with two attached hydrogens (primary N) is 1. The highest BCUT2D eigenvalue weighted by Gasteiger charge is 2.30. The normalized spacial score (nSPS) is 14.4. The Morgan fingerprint density at radius 3 is 2.21 bits per heavy atom. The maximum atomic E-state index is 12.8. The van der Waals surface area contributed by atoms with Crippen LogP contribution in [0.4, 0.5) is 13.2 Å². The van der Waals surface area contributed by atoms with Gasteiger partial charge in [-0.2, -0.15) is 13.2 Å². The lowest BCUT2D eigenvalue weighted by molar-refractivity contribution is -0.137. The molecule has 0 aromatic heterocycles. The van der Waals surface area contributed by atoms with E-state index in [1.54, 1.807) is 0 Å². The fraction of sp³-hybridized carbons (Fsp3) is 0.273. The molecular formula is C22H24F3N3. The van der Waals surface area contributed by atoms with Crippen molar-refractivity contribution in [1.82, 2.24) is 10.2 Å². The number of hydrogen-bond acceptors (Lipinski definition) is 3. The molecule has 148 valence electrons. The Balaban J connectivity index is 1.76. The molecule has 0 radical (unpaired) electrons. The third-order valence-electron chi connectivity index (χ3n) is 4.94. The van der Waals surface area contributed by atoms with Crippen LogP contribution >= 0.6 is 0 Å². The highest BCUT2D eigenvalue weighted by molar-refractivity contribution is 5.86. The minimum absolute atomic E-state index is 0.108. The Morgan fingerprint density at radius 1 is 0.929 bits per heavy atom. The highest BCUT2D eigenvalue weighted by atomic mass is 19.4. The van der Waals surface area contributed by atoms with E-state index in [4.69, 9.17) is 5.73 Å². The van der Waals surface area contributed by atoms with E-state index in [0.29, 0.717) is 6.54 Å². The summed E-state index contributed by atoms with van der Waals surface area (Å²) in [6.07, 6.45) is -4.72. The van der Waals surface area contributed by atoms with Gasteiger partial charge in [0.05, 0.1) is 11.7 Å². The molecule has 2 unspecified atom stereocenters. The van der Waals surface area contributed by atoms with Crippen LogP contribution in [0, 0.1) is 0 Å². The lowest BCUT2D eigenvalue weighted by atomic mass is 10.0. The number of likely N-dealkylation sites (N-methyl/N-ethyl adjacent to an activating group) is 1. The van der Waals surface area contributed by atoms with E-state index in [9.17, 15) is 13.2 Å². The number of hydrogen-bond donors (Lipinski definition) is 2. The topological polar surface area (TPSA) is 41.3 Å². The third kappa shape index (κ3) is 4.52. The van der Waals surface area contributed by atoms with Crippen LogP contribution in [0.2, 0.25) is 0 Å². The molecule has 0 fully saturated rings. The quantitative estimate of drug-likeness (QED) is 0.602. The van der Waals surface area contributed by atoms with Gasteiger partial charge in [0.2, 0.25) is 0 Å². The Hall–Kier alpha value is -2.41. The zero-order chi connectivity index (χ0) is 20.3. The molecular weight excluding hydrogens is 363 g/mol. The van der Waals surface area contributed by atoms with Gasteiger partial charge in [0.15, 0.2) is 0 Å². The van der Waals surface area contributed by atoms with Crippen LogP contribution in [0.1, 0.15) is 28.9 Å². The van der Waals surface area contributed by atoms with Crippen molar-refractivity contribution >= 4 is 10.8 Å². The number of benzene rings is 3. The van der Waals surface area contributed by atoms with Crippen molar-refractivity contribution in [1.29, 1.82) is 0 Å². The van der Waals surface area contributed by atoms with Crippen molar-refractivity contribution in [3.8, 4) is 0 Å². The summed E-state index contributed by atoms with van der Waals surface area (Å²) in [5.41, 5.74) is 7.54. The summed E-state index contributed by atoms with van der Waals surface area (Å²) in [4.78, 5) is 1.96. The lowest BCUT2D eigenvalue weighted by Gasteiger charge is -2.27. The Bertz CT molecular complexity index is 915. The smallest absolute Gasteiger partial charge is 0.312 e. The summed E-state index contributed by atoms with van der Waals surface area (Å²) >= 11 is 0. The SMILES string of the molecule is CN(C)C(CNC(N)c1cccc2ccccc12)c1ccc(C(F)(F)F)cc1. The lowest BCUT2D eigenvalue weighted by Crippen LogP contribution is -2.36. The number of nitrogens with one attached hydrogen (secondary N) is 1. The first kappa shape index (κ1) is 20.3. The molecule has 0 spiro atoms. The molecule has 3 N–H and O–H groups in total. The number of alkyl halides is 3. The molecule has 3 aromatic rings. The molecule has 0 aliphatic carbocycles. The number of halogens is 3. The van der Waals surface area contributed by atoms with Crippen molar-refractivity contribution < 1.29 is 13.2 Å². The van der Waals surface area contributed by atoms with E-state index in [1.807, 2.05) is 61.5 Å². The van der Waals surface area contributed by atoms with Crippen molar-refractivity contribution in [2.24, 2.45) is 5.73 Å². The van der Waals surface area contributed by atoms with Crippen LogP contribution in [0.5, 0.6) is 0 Å². The first-order chi connectivity index (χ1) is 13.3. The van der Waals surface area contributed by atoms with E-state index in [2.05, 4.69) is 5.32 Å². The minimum Gasteiger partial charge on any atom is -0.312 e. The first-order valence-corrected chi connectivity index (χ1v) is 9.07. The Labute approximate surface area is 163 Å². The Morgan fingerprint density at radius 2 is 1.57 bits per heavy atom. The summed E-state index contributed by atoms with van der Waals surface area (Å²) in [5, 5.41) is 5.53. The summed E-state index contributed by atoms with van der Waals surface area (Å²) < 4.78 is 38.4. The van der Waals surface area contributed by atoms with E-state index in [0.717, 1.165) is 34.0 Å². The van der Waals surface area contributed by atoms with Gasteiger partial charge in [-0.25, -0.2) is 0 Å². The predicted molar refractivity (Wildman–Crippen MR) is 107 cm³/mol. The number of nitrogens with zero attached hydrogens (tertiary/aromatic N) is 1. The van der Waals surface area contributed by atoms with Crippen LogP contribution < -0.4 is 11.1 Å². The van der Waals surface area contributed by atoms with Gasteiger partial charge in [0, 0.05) is 12.6 Å². The molecule has 0 aliphatic rings. The molecule has 0 amide bonds. The molecule has 0 saturated carbocycles. The first-order valence-electron chi connectivity index (χ1n) is 9.07. The van der Waals surface area contributed by atoms with Gasteiger partial charge in [-0.15, -0.1) is 0 Å². The van der Waals surface area contributed by atoms with Gasteiger partial charge < -0.3 is 10.6 Å². The standard InChI is InChI=1S/C22H24F3N3/c1-28(2)20(16-10-12-17(13-11-16)22(23,24)25)14-27-21(26)19-9-5-7-15-6-3-4-8-18(15)19/h3-13,20-21,27H,14,26H2,1-2H3. The van der Waals surface area contributed by atoms with Crippen molar-refractivity contribution in [3.05, 3.63) is 83.4 Å². The number of rotatable bonds is 6. The largest absolute Gasteiger partial charge is 0.416 e. The second kappa shape index (κ2) is 8.31. The second-order valence-electron chi connectivity index (χ2n) is 7.05. The second-order valence-corrected chi connectivity index (χ2v) is 7.05. The highest BCUT2D eigenvalue weighted by Crippen LogP contribution is 2.30. The van der Waals surface area contributed by atoms with Gasteiger partial charge in [0.1, 0.15) is 0 Å². The van der Waals surface area contributed by atoms with Crippen molar-refractivity contribution in [3.63, 3.8) is 0 Å². The molecule has 0 bridgehead atoms. The van der Waals surface area contributed by atoms with Crippen LogP contribution in [-0.2, 0) is 6.18 Å². The molecule has 6 heteroatoms. The van der Waals surface area contributed by atoms with Gasteiger partial charge in [-0.1, -0.05) is 54.6 Å². The van der Waals surface area contributed by atoms with Gasteiger partial charge in [0.25, 0.3) is 0 Å². The van der Waals surface area contributed by atoms with Crippen LogP contribution in [-0.4, -0.2) is 25.5 Å². The molecule has 3 aromatic carbocycles. The predicted octanol–water partition coefficient (Wildman–Crippen LogP) is 4.71. The minimum atomic E-state index is -4.33. The zero-order valence-electron chi connectivity index (χ0n) is 15.9. The molecule has 0 aliphatic heterocycles. The fourth-order valence-electron chi connectivity index (χ4n) is 3.36. The Kier molecular flexibility index (Phi) is 6.03. The van der Waals surface area contributed by atoms with Crippen molar-refractivity contribution in [2.45, 2.75) is 18.4 Å². The number of fused-ring (bicyclic) bond motifs is 1. The molecule has 3 nitrogen and oxygen atoms in total. The summed E-state index contributed by atoms with van der Waals surface area (Å²) in [6, 6.07) is 19.2. The van der Waals surface area contributed by atoms with E-state index >= 15 is 0 Å². The maximum absolute atomic E-state index is 12.8. The average Bonchev–Trinajstić information content (AvgIpc) is 2.67. The average molecular weight is 387 g/mol. The third-order valence-corrected chi connectivity index (χ3v) is 4.94. The van der Waals surface area contributed by atoms with Gasteiger partial charge in [-0.05, 0) is 48.1 Å². The molecule has 3 rings (SSSR count). The monoisotopic (exact) mass is 387 g/mol. The molecule has 28 heavy (non-hydrogen) atoms. The zero-order valence-corrected chi connectivity index (χ0v) is 15.9. The molecule has 0 heterocycles. The van der Waals surface area contributed by atoms with E-state index in [1.165, 1.54) is 12.1 Å². The van der Waals surface area contributed by atoms with E-state index < -0.39 is 11.7 Å².